The zero-order valence-corrected chi connectivity index (χ0v) is 11.4. The Labute approximate surface area is 103 Å². The van der Waals surface area contributed by atoms with E-state index in [1.807, 2.05) is 52.0 Å². The smallest absolute Gasteiger partial charge is 0.0830 e. The van der Waals surface area contributed by atoms with Crippen molar-refractivity contribution in [3.63, 3.8) is 0 Å². The van der Waals surface area contributed by atoms with Crippen molar-refractivity contribution >= 4 is 23.2 Å². The van der Waals surface area contributed by atoms with Crippen molar-refractivity contribution < 1.29 is 4.74 Å². The number of rotatable bonds is 6. The second-order valence-corrected chi connectivity index (χ2v) is 5.78. The molecule has 2 atom stereocenters. The summed E-state index contributed by atoms with van der Waals surface area (Å²) in [6, 6.07) is 0. The van der Waals surface area contributed by atoms with E-state index in [1.54, 1.807) is 0 Å². The Kier molecular flexibility index (Phi) is 6.58. The molecule has 0 heterocycles. The molecule has 88 valence electrons. The minimum atomic E-state index is -0.447. The van der Waals surface area contributed by atoms with Gasteiger partial charge >= 0.3 is 0 Å². The highest BCUT2D eigenvalue weighted by Gasteiger charge is 2.21. The first-order chi connectivity index (χ1) is 6.83. The largest absolute Gasteiger partial charge is 0.377 e. The van der Waals surface area contributed by atoms with E-state index >= 15 is 0 Å². The van der Waals surface area contributed by atoms with Crippen LogP contribution in [0.2, 0.25) is 0 Å². The molecule has 3 heteroatoms. The molecule has 0 aromatic carbocycles. The number of halogens is 2. The van der Waals surface area contributed by atoms with Crippen LogP contribution in [-0.4, -0.2) is 23.0 Å². The fourth-order valence-electron chi connectivity index (χ4n) is 1.24. The second-order valence-electron chi connectivity index (χ2n) is 4.05. The van der Waals surface area contributed by atoms with Gasteiger partial charge in [-0.2, -0.15) is 0 Å². The molecule has 0 saturated heterocycles. The van der Waals surface area contributed by atoms with Crippen LogP contribution in [0, 0.1) is 0 Å². The molecule has 0 bridgehead atoms. The predicted molar refractivity (Wildman–Crippen MR) is 69.0 cm³/mol. The highest BCUT2D eigenvalue weighted by atomic mass is 35.5. The zero-order chi connectivity index (χ0) is 11.9. The van der Waals surface area contributed by atoms with Gasteiger partial charge in [0.25, 0.3) is 0 Å². The molecule has 0 aliphatic rings. The molecular formula is C12H20Cl2O. The summed E-state index contributed by atoms with van der Waals surface area (Å²) in [5, 5.41) is 0. The SMILES string of the molecule is CC=CC(C)(Cl)COCC(C)(Cl)C=CC. The van der Waals surface area contributed by atoms with Crippen LogP contribution in [0.3, 0.4) is 0 Å². The van der Waals surface area contributed by atoms with Gasteiger partial charge in [-0.15, -0.1) is 23.2 Å². The molecule has 2 unspecified atom stereocenters. The summed E-state index contributed by atoms with van der Waals surface area (Å²) in [6.07, 6.45) is 7.66. The second kappa shape index (κ2) is 6.57. The molecule has 0 aromatic heterocycles. The minimum Gasteiger partial charge on any atom is -0.377 e. The summed E-state index contributed by atoms with van der Waals surface area (Å²) in [4.78, 5) is -0.894. The lowest BCUT2D eigenvalue weighted by Gasteiger charge is -2.22. The van der Waals surface area contributed by atoms with E-state index in [1.165, 1.54) is 0 Å². The molecule has 0 radical (unpaired) electrons. The summed E-state index contributed by atoms with van der Waals surface area (Å²) < 4.78 is 5.50. The average molecular weight is 251 g/mol. The van der Waals surface area contributed by atoms with Crippen LogP contribution < -0.4 is 0 Å². The summed E-state index contributed by atoms with van der Waals surface area (Å²) in [5.41, 5.74) is 0. The van der Waals surface area contributed by atoms with Crippen LogP contribution in [0.25, 0.3) is 0 Å². The van der Waals surface area contributed by atoms with Crippen molar-refractivity contribution in [2.75, 3.05) is 13.2 Å². The van der Waals surface area contributed by atoms with Crippen LogP contribution in [0.4, 0.5) is 0 Å². The van der Waals surface area contributed by atoms with Crippen molar-refractivity contribution in [1.82, 2.24) is 0 Å². The quantitative estimate of drug-likeness (QED) is 0.509. The third-order valence-corrected chi connectivity index (χ3v) is 2.27. The average Bonchev–Trinajstić information content (AvgIpc) is 2.02. The first-order valence-electron chi connectivity index (χ1n) is 5.06. The minimum absolute atomic E-state index is 0.447. The number of ether oxygens (including phenoxy) is 1. The number of allylic oxidation sites excluding steroid dienone is 2. The first kappa shape index (κ1) is 15.0. The van der Waals surface area contributed by atoms with E-state index in [4.69, 9.17) is 27.9 Å². The summed E-state index contributed by atoms with van der Waals surface area (Å²) >= 11 is 12.3. The van der Waals surface area contributed by atoms with Crippen LogP contribution in [0.1, 0.15) is 27.7 Å². The Morgan fingerprint density at radius 1 is 0.933 bits per heavy atom. The molecule has 1 nitrogen and oxygen atoms in total. The molecule has 0 amide bonds. The highest BCUT2D eigenvalue weighted by Crippen LogP contribution is 2.20. The van der Waals surface area contributed by atoms with Crippen LogP contribution >= 0.6 is 23.2 Å². The molecular weight excluding hydrogens is 231 g/mol. The lowest BCUT2D eigenvalue weighted by Crippen LogP contribution is -2.27. The molecule has 0 aliphatic carbocycles. The Bertz CT molecular complexity index is 206. The van der Waals surface area contributed by atoms with Gasteiger partial charge in [0.1, 0.15) is 0 Å². The molecule has 15 heavy (non-hydrogen) atoms. The molecule has 0 aliphatic heterocycles. The van der Waals surface area contributed by atoms with Crippen molar-refractivity contribution in [2.24, 2.45) is 0 Å². The number of alkyl halides is 2. The van der Waals surface area contributed by atoms with Gasteiger partial charge in [0.15, 0.2) is 0 Å². The fourth-order valence-corrected chi connectivity index (χ4v) is 1.65. The lowest BCUT2D eigenvalue weighted by molar-refractivity contribution is 0.114. The van der Waals surface area contributed by atoms with Crippen LogP contribution in [-0.2, 0) is 4.74 Å². The van der Waals surface area contributed by atoms with E-state index in [-0.39, 0.29) is 0 Å². The molecule has 0 aromatic rings. The summed E-state index contributed by atoms with van der Waals surface area (Å²) in [6.45, 7) is 8.61. The number of hydrogen-bond donors (Lipinski definition) is 0. The molecule has 0 spiro atoms. The van der Waals surface area contributed by atoms with E-state index in [0.717, 1.165) is 0 Å². The van der Waals surface area contributed by atoms with Gasteiger partial charge in [-0.25, -0.2) is 0 Å². The highest BCUT2D eigenvalue weighted by molar-refractivity contribution is 6.25. The van der Waals surface area contributed by atoms with Gasteiger partial charge in [-0.1, -0.05) is 24.3 Å². The monoisotopic (exact) mass is 250 g/mol. The summed E-state index contributed by atoms with van der Waals surface area (Å²) in [5.74, 6) is 0. The van der Waals surface area contributed by atoms with Gasteiger partial charge in [-0.05, 0) is 27.7 Å². The maximum atomic E-state index is 6.17. The van der Waals surface area contributed by atoms with E-state index in [9.17, 15) is 0 Å². The van der Waals surface area contributed by atoms with Gasteiger partial charge in [-0.3, -0.25) is 0 Å². The van der Waals surface area contributed by atoms with Crippen molar-refractivity contribution in [2.45, 2.75) is 37.4 Å². The van der Waals surface area contributed by atoms with Gasteiger partial charge in [0.2, 0.25) is 0 Å². The molecule has 0 rings (SSSR count). The van der Waals surface area contributed by atoms with Crippen molar-refractivity contribution in [3.8, 4) is 0 Å². The Morgan fingerprint density at radius 3 is 1.53 bits per heavy atom. The zero-order valence-electron chi connectivity index (χ0n) is 9.89. The third kappa shape index (κ3) is 7.89. The fraction of sp³-hybridized carbons (Fsp3) is 0.667. The van der Waals surface area contributed by atoms with Crippen LogP contribution in [0.5, 0.6) is 0 Å². The molecule has 0 fully saturated rings. The maximum Gasteiger partial charge on any atom is 0.0830 e. The Morgan fingerprint density at radius 2 is 1.27 bits per heavy atom. The Balaban J connectivity index is 3.98. The van der Waals surface area contributed by atoms with Crippen LogP contribution in [0.15, 0.2) is 24.3 Å². The third-order valence-electron chi connectivity index (χ3n) is 1.80. The van der Waals surface area contributed by atoms with Gasteiger partial charge < -0.3 is 4.74 Å². The molecule has 0 N–H and O–H groups in total. The predicted octanol–water partition coefficient (Wildman–Crippen LogP) is 4.15. The number of hydrogen-bond acceptors (Lipinski definition) is 1. The topological polar surface area (TPSA) is 9.23 Å². The van der Waals surface area contributed by atoms with Gasteiger partial charge in [0, 0.05) is 0 Å². The van der Waals surface area contributed by atoms with Gasteiger partial charge in [0.05, 0.1) is 23.0 Å². The normalized spacial score (nSPS) is 20.7. The van der Waals surface area contributed by atoms with E-state index < -0.39 is 9.75 Å². The Hall–Kier alpha value is 0.0200. The van der Waals surface area contributed by atoms with Crippen molar-refractivity contribution in [3.05, 3.63) is 24.3 Å². The van der Waals surface area contributed by atoms with E-state index in [0.29, 0.717) is 13.2 Å². The standard InChI is InChI=1S/C12H20Cl2O/c1-5-7-11(3,13)9-15-10-12(4,14)8-6-2/h5-8H,9-10H2,1-4H3. The molecule has 0 saturated carbocycles. The van der Waals surface area contributed by atoms with Crippen molar-refractivity contribution in [1.29, 1.82) is 0 Å². The summed E-state index contributed by atoms with van der Waals surface area (Å²) in [7, 11) is 0. The first-order valence-corrected chi connectivity index (χ1v) is 5.82. The lowest BCUT2D eigenvalue weighted by atomic mass is 10.1. The van der Waals surface area contributed by atoms with E-state index in [2.05, 4.69) is 0 Å². The maximum absolute atomic E-state index is 6.17.